The molecule has 0 radical (unpaired) electrons. The molecule has 2 aromatic rings. The van der Waals surface area contributed by atoms with Crippen molar-refractivity contribution >= 4 is 16.9 Å². The molecule has 1 aliphatic heterocycles. The maximum absolute atomic E-state index is 12.7. The highest BCUT2D eigenvalue weighted by molar-refractivity contribution is 5.77. The first kappa shape index (κ1) is 16.3. The fourth-order valence-electron chi connectivity index (χ4n) is 4.52. The van der Waals surface area contributed by atoms with Gasteiger partial charge in [0.15, 0.2) is 5.65 Å². The molecule has 0 unspecified atom stereocenters. The topological polar surface area (TPSA) is 73.0 Å². The first-order valence-corrected chi connectivity index (χ1v) is 9.32. The average Bonchev–Trinajstić information content (AvgIpc) is 3.34. The van der Waals surface area contributed by atoms with Crippen LogP contribution in [0.5, 0.6) is 0 Å². The number of fused-ring (bicyclic) bond motifs is 1. The smallest absolute Gasteiger partial charge is 0.264 e. The highest BCUT2D eigenvalue weighted by Crippen LogP contribution is 2.35. The molecule has 2 aromatic heterocycles. The van der Waals surface area contributed by atoms with E-state index < -0.39 is 0 Å². The number of hydrogen-bond donors (Lipinski definition) is 0. The highest BCUT2D eigenvalue weighted by atomic mass is 16.2. The number of aromatic nitrogens is 4. The summed E-state index contributed by atoms with van der Waals surface area (Å²) in [5.41, 5.74) is 0.452. The van der Waals surface area contributed by atoms with Crippen molar-refractivity contribution in [2.24, 2.45) is 13.0 Å². The van der Waals surface area contributed by atoms with E-state index in [0.717, 1.165) is 19.4 Å². The summed E-state index contributed by atoms with van der Waals surface area (Å²) in [6.07, 6.45) is 10.8. The molecule has 1 saturated heterocycles. The van der Waals surface area contributed by atoms with Crippen LogP contribution in [-0.2, 0) is 18.4 Å². The predicted molar refractivity (Wildman–Crippen MR) is 94.1 cm³/mol. The van der Waals surface area contributed by atoms with Gasteiger partial charge in [0.05, 0.1) is 12.5 Å². The number of nitrogens with zero attached hydrogens (tertiary/aromatic N) is 5. The lowest BCUT2D eigenvalue weighted by Crippen LogP contribution is -2.40. The van der Waals surface area contributed by atoms with Gasteiger partial charge in [-0.1, -0.05) is 12.8 Å². The van der Waals surface area contributed by atoms with E-state index in [1.807, 2.05) is 0 Å². The van der Waals surface area contributed by atoms with Crippen LogP contribution in [0.2, 0.25) is 0 Å². The Morgan fingerprint density at radius 1 is 1.24 bits per heavy atom. The molecule has 4 rings (SSSR count). The van der Waals surface area contributed by atoms with Crippen LogP contribution < -0.4 is 5.56 Å². The Kier molecular flexibility index (Phi) is 4.31. The minimum atomic E-state index is -0.125. The second-order valence-electron chi connectivity index (χ2n) is 7.34. The number of amides is 1. The van der Waals surface area contributed by atoms with E-state index in [-0.39, 0.29) is 11.5 Å². The normalized spacial score (nSPS) is 21.5. The summed E-state index contributed by atoms with van der Waals surface area (Å²) in [4.78, 5) is 31.6. The van der Waals surface area contributed by atoms with E-state index in [0.29, 0.717) is 36.0 Å². The van der Waals surface area contributed by atoms with Crippen LogP contribution in [0.15, 0.2) is 17.3 Å². The van der Waals surface area contributed by atoms with Gasteiger partial charge in [0, 0.05) is 32.6 Å². The number of carbonyl (C=O) groups is 1. The van der Waals surface area contributed by atoms with Crippen molar-refractivity contribution in [3.63, 3.8) is 0 Å². The average molecular weight is 343 g/mol. The lowest BCUT2D eigenvalue weighted by Gasteiger charge is -2.29. The monoisotopic (exact) mass is 343 g/mol. The second-order valence-corrected chi connectivity index (χ2v) is 7.34. The zero-order chi connectivity index (χ0) is 17.4. The molecule has 1 atom stereocenters. The van der Waals surface area contributed by atoms with Crippen LogP contribution in [0.1, 0.15) is 44.9 Å². The van der Waals surface area contributed by atoms with Crippen LogP contribution in [0.3, 0.4) is 0 Å². The third kappa shape index (κ3) is 2.96. The number of aryl methyl sites for hydroxylation is 2. The maximum Gasteiger partial charge on any atom is 0.264 e. The van der Waals surface area contributed by atoms with Gasteiger partial charge < -0.3 is 4.90 Å². The number of likely N-dealkylation sites (tertiary alicyclic amines) is 1. The zero-order valence-electron chi connectivity index (χ0n) is 14.7. The largest absolute Gasteiger partial charge is 0.339 e. The minimum Gasteiger partial charge on any atom is -0.339 e. The van der Waals surface area contributed by atoms with Crippen molar-refractivity contribution in [1.29, 1.82) is 0 Å². The SMILES string of the molecule is Cn1ncc2c(=O)n(CCC(=O)N3CCC[C@H]3C3CCCC3)cnc21. The molecule has 2 fully saturated rings. The van der Waals surface area contributed by atoms with Gasteiger partial charge in [-0.05, 0) is 31.6 Å². The Bertz CT molecular complexity index is 834. The fourth-order valence-corrected chi connectivity index (χ4v) is 4.52. The van der Waals surface area contributed by atoms with Gasteiger partial charge in [-0.15, -0.1) is 0 Å². The van der Waals surface area contributed by atoms with Gasteiger partial charge >= 0.3 is 0 Å². The highest BCUT2D eigenvalue weighted by Gasteiger charge is 2.35. The van der Waals surface area contributed by atoms with Gasteiger partial charge in [0.25, 0.3) is 5.56 Å². The van der Waals surface area contributed by atoms with Crippen molar-refractivity contribution in [3.05, 3.63) is 22.9 Å². The Morgan fingerprint density at radius 2 is 2.04 bits per heavy atom. The molecule has 1 amide bonds. The molecule has 1 aliphatic carbocycles. The van der Waals surface area contributed by atoms with Crippen molar-refractivity contribution in [1.82, 2.24) is 24.2 Å². The molecule has 25 heavy (non-hydrogen) atoms. The quantitative estimate of drug-likeness (QED) is 0.847. The van der Waals surface area contributed by atoms with E-state index >= 15 is 0 Å². The predicted octanol–water partition coefficient (Wildman–Crippen LogP) is 1.70. The van der Waals surface area contributed by atoms with Gasteiger partial charge in [-0.3, -0.25) is 18.8 Å². The lowest BCUT2D eigenvalue weighted by molar-refractivity contribution is -0.133. The van der Waals surface area contributed by atoms with Crippen LogP contribution >= 0.6 is 0 Å². The Morgan fingerprint density at radius 3 is 2.84 bits per heavy atom. The van der Waals surface area contributed by atoms with E-state index in [9.17, 15) is 9.59 Å². The summed E-state index contributed by atoms with van der Waals surface area (Å²) >= 11 is 0. The lowest BCUT2D eigenvalue weighted by atomic mass is 9.96. The molecule has 0 bridgehead atoms. The molecule has 3 heterocycles. The summed E-state index contributed by atoms with van der Waals surface area (Å²) in [5, 5.41) is 4.58. The van der Waals surface area contributed by atoms with Crippen molar-refractivity contribution in [3.8, 4) is 0 Å². The van der Waals surface area contributed by atoms with Gasteiger partial charge in [0.1, 0.15) is 5.39 Å². The molecule has 0 spiro atoms. The molecule has 134 valence electrons. The molecule has 7 heteroatoms. The molecule has 2 aliphatic rings. The summed E-state index contributed by atoms with van der Waals surface area (Å²) in [6.45, 7) is 1.25. The fraction of sp³-hybridized carbons (Fsp3) is 0.667. The third-order valence-electron chi connectivity index (χ3n) is 5.85. The zero-order valence-corrected chi connectivity index (χ0v) is 14.7. The van der Waals surface area contributed by atoms with Crippen LogP contribution in [0.25, 0.3) is 11.0 Å². The van der Waals surface area contributed by atoms with Crippen LogP contribution in [0, 0.1) is 5.92 Å². The molecule has 1 saturated carbocycles. The third-order valence-corrected chi connectivity index (χ3v) is 5.85. The Labute approximate surface area is 146 Å². The van der Waals surface area contributed by atoms with Crippen molar-refractivity contribution in [2.45, 2.75) is 57.5 Å². The Balaban J connectivity index is 1.45. The van der Waals surface area contributed by atoms with Crippen molar-refractivity contribution < 1.29 is 4.79 Å². The molecular formula is C18H25N5O2. The molecule has 0 aromatic carbocycles. The molecular weight excluding hydrogens is 318 g/mol. The summed E-state index contributed by atoms with van der Waals surface area (Å²) in [6, 6.07) is 0.422. The first-order valence-electron chi connectivity index (χ1n) is 9.32. The minimum absolute atomic E-state index is 0.125. The van der Waals surface area contributed by atoms with Gasteiger partial charge in [-0.25, -0.2) is 4.98 Å². The second kappa shape index (κ2) is 6.61. The Hall–Kier alpha value is -2.18. The molecule has 0 N–H and O–H groups in total. The van der Waals surface area contributed by atoms with E-state index in [1.165, 1.54) is 36.6 Å². The summed E-state index contributed by atoms with van der Waals surface area (Å²) in [5.74, 6) is 0.857. The van der Waals surface area contributed by atoms with Gasteiger partial charge in [0.2, 0.25) is 5.91 Å². The summed E-state index contributed by atoms with van der Waals surface area (Å²) in [7, 11) is 1.76. The van der Waals surface area contributed by atoms with Crippen LogP contribution in [-0.4, -0.2) is 42.7 Å². The number of carbonyl (C=O) groups excluding carboxylic acids is 1. The first-order chi connectivity index (χ1) is 12.1. The standard InChI is InChI=1S/C18H25N5O2/c1-21-17-14(11-20-21)18(25)22(12-19-17)10-8-16(24)23-9-4-7-15(23)13-5-2-3-6-13/h11-13,15H,2-10H2,1H3/t15-/m0/s1. The number of rotatable bonds is 4. The van der Waals surface area contributed by atoms with Gasteiger partial charge in [-0.2, -0.15) is 5.10 Å². The van der Waals surface area contributed by atoms with E-state index in [4.69, 9.17) is 0 Å². The maximum atomic E-state index is 12.7. The van der Waals surface area contributed by atoms with E-state index in [2.05, 4.69) is 15.0 Å². The number of hydrogen-bond acceptors (Lipinski definition) is 4. The summed E-state index contributed by atoms with van der Waals surface area (Å²) < 4.78 is 3.12. The van der Waals surface area contributed by atoms with E-state index in [1.54, 1.807) is 17.9 Å². The molecule has 7 nitrogen and oxygen atoms in total. The van der Waals surface area contributed by atoms with Crippen molar-refractivity contribution in [2.75, 3.05) is 6.54 Å². The van der Waals surface area contributed by atoms with Crippen LogP contribution in [0.4, 0.5) is 0 Å².